The molecule has 0 radical (unpaired) electrons. The summed E-state index contributed by atoms with van der Waals surface area (Å²) in [5.41, 5.74) is 2.70. The van der Waals surface area contributed by atoms with E-state index in [0.717, 1.165) is 0 Å². The van der Waals surface area contributed by atoms with Gasteiger partial charge in [-0.05, 0) is 18.6 Å². The largest absolute Gasteiger partial charge is 0.396 e. The zero-order chi connectivity index (χ0) is 14.3. The first-order valence-electron chi connectivity index (χ1n) is 5.74. The average Bonchev–Trinajstić information content (AvgIpc) is 2.38. The molecule has 0 aliphatic carbocycles. The van der Waals surface area contributed by atoms with Gasteiger partial charge in [-0.3, -0.25) is 16.0 Å². The number of hydrazine groups is 1. The van der Waals surface area contributed by atoms with Gasteiger partial charge in [0, 0.05) is 13.7 Å². The number of methoxy groups -OCH3 is 1. The van der Waals surface area contributed by atoms with Crippen LogP contribution in [0.2, 0.25) is 0 Å². The van der Waals surface area contributed by atoms with Gasteiger partial charge in [-0.2, -0.15) is 0 Å². The van der Waals surface area contributed by atoms with Crippen LogP contribution in [0.1, 0.15) is 6.42 Å². The van der Waals surface area contributed by atoms with Crippen LogP contribution in [0.4, 0.5) is 17.1 Å². The van der Waals surface area contributed by atoms with Gasteiger partial charge in [-0.1, -0.05) is 6.07 Å². The second-order valence-corrected chi connectivity index (χ2v) is 3.91. The number of aliphatic hydroxyl groups excluding tert-OH is 1. The van der Waals surface area contributed by atoms with E-state index in [0.29, 0.717) is 18.7 Å². The van der Waals surface area contributed by atoms with Crippen molar-refractivity contribution in [3.8, 4) is 0 Å². The highest BCUT2D eigenvalue weighted by atomic mass is 16.6. The highest BCUT2D eigenvalue weighted by molar-refractivity contribution is 5.76. The molecule has 0 fully saturated rings. The van der Waals surface area contributed by atoms with E-state index in [4.69, 9.17) is 15.7 Å². The summed E-state index contributed by atoms with van der Waals surface area (Å²) in [6, 6.07) is 4.52. The topological polar surface area (TPSA) is 123 Å². The van der Waals surface area contributed by atoms with Gasteiger partial charge in [0.05, 0.1) is 17.6 Å². The van der Waals surface area contributed by atoms with E-state index in [-0.39, 0.29) is 24.0 Å². The van der Waals surface area contributed by atoms with Crippen LogP contribution in [0.25, 0.3) is 0 Å². The third-order valence-electron chi connectivity index (χ3n) is 2.58. The number of nitrogens with one attached hydrogen (secondary N) is 2. The van der Waals surface area contributed by atoms with E-state index < -0.39 is 4.92 Å². The molecule has 0 bridgehead atoms. The lowest BCUT2D eigenvalue weighted by molar-refractivity contribution is -0.383. The molecular weight excluding hydrogens is 252 g/mol. The van der Waals surface area contributed by atoms with E-state index >= 15 is 0 Å². The molecule has 0 amide bonds. The Morgan fingerprint density at radius 2 is 2.21 bits per heavy atom. The van der Waals surface area contributed by atoms with Crippen molar-refractivity contribution in [2.45, 2.75) is 12.5 Å². The minimum atomic E-state index is -0.514. The maximum Gasteiger partial charge on any atom is 0.316 e. The Kier molecular flexibility index (Phi) is 6.00. The van der Waals surface area contributed by atoms with Crippen molar-refractivity contribution in [2.75, 3.05) is 31.1 Å². The first kappa shape index (κ1) is 15.2. The SMILES string of the molecule is COCC(CCO)Nc1cccc(NN)c1[N+](=O)[O-]. The van der Waals surface area contributed by atoms with Crippen molar-refractivity contribution in [1.82, 2.24) is 0 Å². The molecule has 0 aliphatic rings. The first-order chi connectivity index (χ1) is 9.13. The number of aliphatic hydroxyl groups is 1. The molecule has 0 saturated heterocycles. The second-order valence-electron chi connectivity index (χ2n) is 3.91. The van der Waals surface area contributed by atoms with E-state index in [9.17, 15) is 10.1 Å². The molecule has 1 unspecified atom stereocenters. The lowest BCUT2D eigenvalue weighted by Crippen LogP contribution is -2.26. The summed E-state index contributed by atoms with van der Waals surface area (Å²) in [5.74, 6) is 5.26. The van der Waals surface area contributed by atoms with Crippen molar-refractivity contribution in [2.24, 2.45) is 5.84 Å². The van der Waals surface area contributed by atoms with Gasteiger partial charge in [0.15, 0.2) is 0 Å². The predicted octanol–water partition coefficient (Wildman–Crippen LogP) is 0.690. The Balaban J connectivity index is 3.01. The van der Waals surface area contributed by atoms with Gasteiger partial charge in [0.2, 0.25) is 0 Å². The van der Waals surface area contributed by atoms with Crippen molar-refractivity contribution >= 4 is 17.1 Å². The number of hydrogen-bond donors (Lipinski definition) is 4. The number of nitro benzene ring substituents is 1. The minimum absolute atomic E-state index is 0.0380. The third-order valence-corrected chi connectivity index (χ3v) is 2.58. The minimum Gasteiger partial charge on any atom is -0.396 e. The van der Waals surface area contributed by atoms with Crippen LogP contribution in [-0.2, 0) is 4.74 Å². The number of para-hydroxylation sites is 1. The van der Waals surface area contributed by atoms with Gasteiger partial charge in [0.1, 0.15) is 11.4 Å². The summed E-state index contributed by atoms with van der Waals surface area (Å²) in [6.45, 7) is 0.293. The number of nitrogens with two attached hydrogens (primary N) is 1. The molecular formula is C11H18N4O4. The maximum absolute atomic E-state index is 11.1. The summed E-state index contributed by atoms with van der Waals surface area (Å²) in [7, 11) is 1.53. The number of nitrogens with zero attached hydrogens (tertiary/aromatic N) is 1. The smallest absolute Gasteiger partial charge is 0.316 e. The summed E-state index contributed by atoms with van der Waals surface area (Å²) in [4.78, 5) is 10.6. The van der Waals surface area contributed by atoms with Gasteiger partial charge >= 0.3 is 5.69 Å². The van der Waals surface area contributed by atoms with E-state index in [1.165, 1.54) is 13.2 Å². The van der Waals surface area contributed by atoms with Crippen LogP contribution < -0.4 is 16.6 Å². The average molecular weight is 270 g/mol. The van der Waals surface area contributed by atoms with E-state index in [2.05, 4.69) is 10.7 Å². The Morgan fingerprint density at radius 1 is 1.53 bits per heavy atom. The fourth-order valence-corrected chi connectivity index (χ4v) is 1.75. The number of benzene rings is 1. The summed E-state index contributed by atoms with van der Waals surface area (Å²) in [6.07, 6.45) is 0.422. The highest BCUT2D eigenvalue weighted by Gasteiger charge is 2.21. The van der Waals surface area contributed by atoms with Crippen LogP contribution in [0.3, 0.4) is 0 Å². The molecule has 1 aromatic rings. The third kappa shape index (κ3) is 4.05. The van der Waals surface area contributed by atoms with Crippen LogP contribution in [0.5, 0.6) is 0 Å². The van der Waals surface area contributed by atoms with E-state index in [1.807, 2.05) is 0 Å². The molecule has 1 atom stereocenters. The zero-order valence-electron chi connectivity index (χ0n) is 10.6. The zero-order valence-corrected chi connectivity index (χ0v) is 10.6. The Morgan fingerprint density at radius 3 is 2.74 bits per heavy atom. The van der Waals surface area contributed by atoms with Gasteiger partial charge < -0.3 is 20.6 Å². The van der Waals surface area contributed by atoms with Crippen LogP contribution >= 0.6 is 0 Å². The number of nitro groups is 1. The molecule has 8 heteroatoms. The van der Waals surface area contributed by atoms with Gasteiger partial charge in [0.25, 0.3) is 0 Å². The summed E-state index contributed by atoms with van der Waals surface area (Å²) >= 11 is 0. The van der Waals surface area contributed by atoms with Crippen molar-refractivity contribution < 1.29 is 14.8 Å². The molecule has 106 valence electrons. The molecule has 19 heavy (non-hydrogen) atoms. The lowest BCUT2D eigenvalue weighted by atomic mass is 10.1. The highest BCUT2D eigenvalue weighted by Crippen LogP contribution is 2.32. The number of ether oxygens (including phenoxy) is 1. The molecule has 0 heterocycles. The normalized spacial score (nSPS) is 11.9. The predicted molar refractivity (Wildman–Crippen MR) is 71.9 cm³/mol. The molecule has 0 spiro atoms. The van der Waals surface area contributed by atoms with Crippen LogP contribution in [0.15, 0.2) is 18.2 Å². The monoisotopic (exact) mass is 270 g/mol. The maximum atomic E-state index is 11.1. The number of rotatable bonds is 8. The second kappa shape index (κ2) is 7.52. The van der Waals surface area contributed by atoms with Gasteiger partial charge in [-0.15, -0.1) is 0 Å². The number of nitrogen functional groups attached to an aromatic ring is 1. The van der Waals surface area contributed by atoms with Crippen molar-refractivity contribution in [3.63, 3.8) is 0 Å². The quantitative estimate of drug-likeness (QED) is 0.311. The summed E-state index contributed by atoms with van der Waals surface area (Å²) in [5, 5.41) is 23.0. The Bertz CT molecular complexity index is 421. The molecule has 0 saturated carbocycles. The van der Waals surface area contributed by atoms with Crippen molar-refractivity contribution in [1.29, 1.82) is 0 Å². The fourth-order valence-electron chi connectivity index (χ4n) is 1.75. The molecule has 5 N–H and O–H groups in total. The fraction of sp³-hybridized carbons (Fsp3) is 0.455. The number of anilines is 2. The Hall–Kier alpha value is -1.90. The Labute approximate surface area is 110 Å². The lowest BCUT2D eigenvalue weighted by Gasteiger charge is -2.18. The van der Waals surface area contributed by atoms with Crippen LogP contribution in [0, 0.1) is 10.1 Å². The van der Waals surface area contributed by atoms with Crippen molar-refractivity contribution in [3.05, 3.63) is 28.3 Å². The molecule has 1 rings (SSSR count). The van der Waals surface area contributed by atoms with Crippen LogP contribution in [-0.4, -0.2) is 36.4 Å². The standard InChI is InChI=1S/C11H18N4O4/c1-19-7-8(5-6-16)13-9-3-2-4-10(14-12)11(9)15(17)18/h2-4,8,13-14,16H,5-7,12H2,1H3. The molecule has 0 aliphatic heterocycles. The molecule has 1 aromatic carbocycles. The first-order valence-corrected chi connectivity index (χ1v) is 5.74. The number of hydrogen-bond acceptors (Lipinski definition) is 7. The summed E-state index contributed by atoms with van der Waals surface area (Å²) < 4.78 is 5.00. The van der Waals surface area contributed by atoms with E-state index in [1.54, 1.807) is 12.1 Å². The molecule has 0 aromatic heterocycles. The molecule has 8 nitrogen and oxygen atoms in total. The van der Waals surface area contributed by atoms with Gasteiger partial charge in [-0.25, -0.2) is 0 Å².